The summed E-state index contributed by atoms with van der Waals surface area (Å²) in [5.41, 5.74) is 0.863. The smallest absolute Gasteiger partial charge is 0.220 e. The van der Waals surface area contributed by atoms with Crippen molar-refractivity contribution in [2.24, 2.45) is 46.3 Å². The van der Waals surface area contributed by atoms with Crippen LogP contribution in [0, 0.1) is 58.7 Å². The molecule has 4 nitrogen and oxygen atoms in total. The van der Waals surface area contributed by atoms with Crippen molar-refractivity contribution in [1.82, 2.24) is 10.6 Å². The fourth-order valence-corrected chi connectivity index (χ4v) is 11.8. The average Bonchev–Trinajstić information content (AvgIpc) is 3.45. The first-order chi connectivity index (χ1) is 23.7. The number of carbonyl (C=O) groups is 2. The predicted octanol–water partition coefficient (Wildman–Crippen LogP) is 11.3. The molecule has 0 aromatic heterocycles. The van der Waals surface area contributed by atoms with Gasteiger partial charge in [-0.2, -0.15) is 0 Å². The van der Waals surface area contributed by atoms with Gasteiger partial charge in [-0.1, -0.05) is 97.1 Å². The highest BCUT2D eigenvalue weighted by molar-refractivity contribution is 5.76. The summed E-state index contributed by atoms with van der Waals surface area (Å²) in [4.78, 5) is 25.2. The molecule has 4 rings (SSSR count). The highest BCUT2D eigenvalue weighted by Crippen LogP contribution is 2.68. The number of amides is 2. The molecule has 0 aromatic rings. The Labute approximate surface area is 303 Å². The van der Waals surface area contributed by atoms with E-state index in [-0.39, 0.29) is 5.91 Å². The van der Waals surface area contributed by atoms with Crippen molar-refractivity contribution in [3.63, 3.8) is 0 Å². The summed E-state index contributed by atoms with van der Waals surface area (Å²) in [5.74, 6) is 7.55. The Morgan fingerprint density at radius 1 is 0.776 bits per heavy atom. The van der Waals surface area contributed by atoms with Crippen LogP contribution in [-0.2, 0) is 9.59 Å². The van der Waals surface area contributed by atoms with Crippen molar-refractivity contribution in [3.8, 4) is 12.3 Å². The Kier molecular flexibility index (Phi) is 16.6. The van der Waals surface area contributed by atoms with Crippen molar-refractivity contribution in [1.29, 1.82) is 0 Å². The quantitative estimate of drug-likeness (QED) is 0.0722. The number of rotatable bonds is 21. The maximum absolute atomic E-state index is 12.9. The summed E-state index contributed by atoms with van der Waals surface area (Å²) in [6.45, 7) is 10.3. The molecule has 0 bridgehead atoms. The zero-order chi connectivity index (χ0) is 35.1. The molecule has 2 amide bonds. The van der Waals surface area contributed by atoms with Gasteiger partial charge in [0.05, 0.1) is 6.54 Å². The molecule has 4 fully saturated rings. The van der Waals surface area contributed by atoms with Gasteiger partial charge in [-0.15, -0.1) is 6.42 Å². The number of nitrogens with one attached hydrogen (secondary N) is 2. The van der Waals surface area contributed by atoms with Gasteiger partial charge in [0, 0.05) is 18.9 Å². The van der Waals surface area contributed by atoms with Crippen LogP contribution in [0.25, 0.3) is 0 Å². The van der Waals surface area contributed by atoms with E-state index in [0.29, 0.717) is 48.1 Å². The van der Waals surface area contributed by atoms with E-state index < -0.39 is 0 Å². The molecule has 4 unspecified atom stereocenters. The molecule has 278 valence electrons. The summed E-state index contributed by atoms with van der Waals surface area (Å²) in [7, 11) is 0. The van der Waals surface area contributed by atoms with Gasteiger partial charge >= 0.3 is 0 Å². The molecule has 0 spiro atoms. The lowest BCUT2D eigenvalue weighted by Gasteiger charge is -2.61. The minimum absolute atomic E-state index is 0.106. The van der Waals surface area contributed by atoms with Gasteiger partial charge in [0.1, 0.15) is 0 Å². The lowest BCUT2D eigenvalue weighted by atomic mass is 9.44. The van der Waals surface area contributed by atoms with E-state index in [0.717, 1.165) is 48.9 Å². The Morgan fingerprint density at radius 2 is 1.43 bits per heavy atom. The largest absolute Gasteiger partial charge is 0.353 e. The first-order valence-electron chi connectivity index (χ1n) is 21.4. The predicted molar refractivity (Wildman–Crippen MR) is 207 cm³/mol. The minimum Gasteiger partial charge on any atom is -0.353 e. The third-order valence-electron chi connectivity index (χ3n) is 14.7. The lowest BCUT2D eigenvalue weighted by Crippen LogP contribution is -2.55. The van der Waals surface area contributed by atoms with Crippen LogP contribution in [0.5, 0.6) is 0 Å². The van der Waals surface area contributed by atoms with E-state index in [1.54, 1.807) is 0 Å². The zero-order valence-electron chi connectivity index (χ0n) is 32.5. The molecule has 49 heavy (non-hydrogen) atoms. The van der Waals surface area contributed by atoms with E-state index in [1.807, 2.05) is 0 Å². The molecule has 0 aliphatic heterocycles. The molecule has 0 radical (unpaired) electrons. The van der Waals surface area contributed by atoms with Gasteiger partial charge in [-0.25, -0.2) is 0 Å². The van der Waals surface area contributed by atoms with Crippen LogP contribution >= 0.6 is 0 Å². The van der Waals surface area contributed by atoms with Crippen LogP contribution in [-0.4, -0.2) is 24.4 Å². The molecule has 4 aliphatic carbocycles. The second-order valence-electron chi connectivity index (χ2n) is 17.8. The van der Waals surface area contributed by atoms with Crippen LogP contribution in [0.1, 0.15) is 188 Å². The molecule has 0 heterocycles. The highest BCUT2D eigenvalue weighted by atomic mass is 16.2. The zero-order valence-corrected chi connectivity index (χ0v) is 32.5. The summed E-state index contributed by atoms with van der Waals surface area (Å²) >= 11 is 0. The molecule has 2 N–H and O–H groups in total. The monoisotopic (exact) mass is 677 g/mol. The van der Waals surface area contributed by atoms with E-state index in [4.69, 9.17) is 6.42 Å². The molecule has 4 saturated carbocycles. The average molecular weight is 677 g/mol. The minimum atomic E-state index is 0.106. The van der Waals surface area contributed by atoms with Gasteiger partial charge < -0.3 is 10.6 Å². The molecule has 0 saturated heterocycles. The summed E-state index contributed by atoms with van der Waals surface area (Å²) in [5, 5.41) is 6.35. The summed E-state index contributed by atoms with van der Waals surface area (Å²) in [6, 6.07) is 0.383. The van der Waals surface area contributed by atoms with Crippen molar-refractivity contribution in [2.45, 2.75) is 194 Å². The number of fused-ring (bicyclic) bond motifs is 5. The number of allylic oxidation sites excluding steroid dienone is 2. The van der Waals surface area contributed by atoms with E-state index >= 15 is 0 Å². The third-order valence-corrected chi connectivity index (χ3v) is 14.7. The van der Waals surface area contributed by atoms with E-state index in [9.17, 15) is 9.59 Å². The van der Waals surface area contributed by atoms with Gasteiger partial charge in [0.25, 0.3) is 0 Å². The van der Waals surface area contributed by atoms with Crippen LogP contribution in [0.15, 0.2) is 12.2 Å². The van der Waals surface area contributed by atoms with Gasteiger partial charge in [0.15, 0.2) is 0 Å². The van der Waals surface area contributed by atoms with E-state index in [1.165, 1.54) is 128 Å². The molecule has 4 aliphatic rings. The third kappa shape index (κ3) is 11.1. The fourth-order valence-electron chi connectivity index (χ4n) is 11.8. The molecule has 4 heteroatoms. The first-order valence-corrected chi connectivity index (χ1v) is 21.4. The van der Waals surface area contributed by atoms with Gasteiger partial charge in [-0.3, -0.25) is 9.59 Å². The number of hydrogen-bond donors (Lipinski definition) is 2. The lowest BCUT2D eigenvalue weighted by molar-refractivity contribution is -0.128. The maximum atomic E-state index is 12.9. The SMILES string of the molecule is C#CCNC(=O)CC[C@@H](C)[C@H]1CCC2C3CCC4C[C@@H](NC(=O)CCCCCCCC=CCCCCCCCC)CC[C@]4(C)C3CC[C@@]21C. The Hall–Kier alpha value is -1.76. The van der Waals surface area contributed by atoms with Crippen molar-refractivity contribution in [2.75, 3.05) is 6.54 Å². The van der Waals surface area contributed by atoms with Crippen LogP contribution in [0.4, 0.5) is 0 Å². The Balaban J connectivity index is 1.11. The second kappa shape index (κ2) is 20.3. The van der Waals surface area contributed by atoms with Crippen LogP contribution < -0.4 is 10.6 Å². The summed E-state index contributed by atoms with van der Waals surface area (Å²) < 4.78 is 0. The van der Waals surface area contributed by atoms with Gasteiger partial charge in [0.2, 0.25) is 11.8 Å². The highest BCUT2D eigenvalue weighted by Gasteiger charge is 2.60. The number of terminal acetylenes is 1. The topological polar surface area (TPSA) is 58.2 Å². The molecule has 9 atom stereocenters. The standard InChI is InChI=1S/C45H76N2O2/c1-6-8-9-10-11-12-13-14-15-16-17-18-19-20-21-22-43(49)47-37-29-31-44(4)36(34-37)24-25-38-40-27-26-39(45(40,5)32-30-41(38)44)35(3)23-28-42(48)46-33-7-2/h2,14-15,35-41H,6,8-13,16-34H2,1,3-5H3,(H,46,48)(H,47,49)/t35-,36?,37+,38?,39-,40?,41?,44+,45-/m1/s1. The maximum Gasteiger partial charge on any atom is 0.220 e. The number of unbranched alkanes of at least 4 members (excludes halogenated alkanes) is 11. The first kappa shape index (κ1) is 40.0. The van der Waals surface area contributed by atoms with Crippen molar-refractivity contribution in [3.05, 3.63) is 12.2 Å². The van der Waals surface area contributed by atoms with Crippen molar-refractivity contribution < 1.29 is 9.59 Å². The second-order valence-corrected chi connectivity index (χ2v) is 17.8. The summed E-state index contributed by atoms with van der Waals surface area (Å²) in [6.07, 6.45) is 41.0. The number of carbonyl (C=O) groups excluding carboxylic acids is 2. The Morgan fingerprint density at radius 3 is 2.14 bits per heavy atom. The normalized spacial score (nSPS) is 32.9. The van der Waals surface area contributed by atoms with E-state index in [2.05, 4.69) is 56.4 Å². The molecular weight excluding hydrogens is 601 g/mol. The van der Waals surface area contributed by atoms with Crippen molar-refractivity contribution >= 4 is 11.8 Å². The van der Waals surface area contributed by atoms with Gasteiger partial charge in [-0.05, 0) is 143 Å². The Bertz CT molecular complexity index is 1080. The fraction of sp³-hybridized carbons (Fsp3) is 0.867. The number of hydrogen-bond acceptors (Lipinski definition) is 2. The van der Waals surface area contributed by atoms with Crippen LogP contribution in [0.3, 0.4) is 0 Å². The molecular formula is C45H76N2O2. The molecule has 0 aromatic carbocycles. The van der Waals surface area contributed by atoms with Crippen LogP contribution in [0.2, 0.25) is 0 Å².